The second kappa shape index (κ2) is 4.31. The molecule has 1 heterocycles. The van der Waals surface area contributed by atoms with Crippen LogP contribution in [0, 0.1) is 0 Å². The van der Waals surface area contributed by atoms with Crippen molar-refractivity contribution in [1.82, 2.24) is 4.57 Å². The van der Waals surface area contributed by atoms with Crippen LogP contribution in [-0.4, -0.2) is 4.57 Å². The van der Waals surface area contributed by atoms with Gasteiger partial charge in [-0.05, 0) is 28.8 Å². The molecule has 0 unspecified atom stereocenters. The number of benzene rings is 2. The maximum absolute atomic E-state index is 5.80. The van der Waals surface area contributed by atoms with E-state index in [1.807, 2.05) is 6.07 Å². The van der Waals surface area contributed by atoms with Gasteiger partial charge in [0.15, 0.2) is 0 Å². The summed E-state index contributed by atoms with van der Waals surface area (Å²) in [4.78, 5) is 0. The van der Waals surface area contributed by atoms with E-state index in [2.05, 4.69) is 60.3 Å². The summed E-state index contributed by atoms with van der Waals surface area (Å²) in [5, 5.41) is 1.25. The lowest BCUT2D eigenvalue weighted by atomic mass is 10.0. The van der Waals surface area contributed by atoms with Crippen molar-refractivity contribution >= 4 is 10.9 Å². The van der Waals surface area contributed by atoms with Crippen LogP contribution in [0.15, 0.2) is 54.7 Å². The Bertz CT molecular complexity index is 681. The Morgan fingerprint density at radius 1 is 1.00 bits per heavy atom. The SMILES string of the molecule is Cn1cc(CN)c2cc(-c3ccccc3)ccc21. The maximum atomic E-state index is 5.80. The molecule has 2 nitrogen and oxygen atoms in total. The number of nitrogens with zero attached hydrogens (tertiary/aromatic N) is 1. The lowest BCUT2D eigenvalue weighted by molar-refractivity contribution is 0.949. The van der Waals surface area contributed by atoms with Gasteiger partial charge in [0, 0.05) is 30.7 Å². The third kappa shape index (κ3) is 1.71. The fraction of sp³-hybridized carbons (Fsp3) is 0.125. The number of nitrogens with two attached hydrogens (primary N) is 1. The predicted molar refractivity (Wildman–Crippen MR) is 76.2 cm³/mol. The summed E-state index contributed by atoms with van der Waals surface area (Å²) in [5.41, 5.74) is 10.7. The summed E-state index contributed by atoms with van der Waals surface area (Å²) in [6.07, 6.45) is 2.11. The molecule has 2 aromatic carbocycles. The van der Waals surface area contributed by atoms with Crippen molar-refractivity contribution in [2.24, 2.45) is 12.8 Å². The lowest BCUT2D eigenvalue weighted by Crippen LogP contribution is -1.94. The van der Waals surface area contributed by atoms with Crippen LogP contribution in [0.25, 0.3) is 22.0 Å². The minimum atomic E-state index is 0.579. The van der Waals surface area contributed by atoms with Crippen molar-refractivity contribution in [3.05, 3.63) is 60.3 Å². The van der Waals surface area contributed by atoms with Gasteiger partial charge in [0.1, 0.15) is 0 Å². The molecule has 90 valence electrons. The van der Waals surface area contributed by atoms with Crippen molar-refractivity contribution in [1.29, 1.82) is 0 Å². The number of hydrogen-bond acceptors (Lipinski definition) is 1. The first-order chi connectivity index (χ1) is 8.79. The Morgan fingerprint density at radius 2 is 1.78 bits per heavy atom. The van der Waals surface area contributed by atoms with Gasteiger partial charge in [-0.1, -0.05) is 36.4 Å². The van der Waals surface area contributed by atoms with E-state index < -0.39 is 0 Å². The Balaban J connectivity index is 2.22. The average Bonchev–Trinajstić information content (AvgIpc) is 2.76. The summed E-state index contributed by atoms with van der Waals surface area (Å²) in [6.45, 7) is 0.579. The second-order valence-electron chi connectivity index (χ2n) is 4.57. The van der Waals surface area contributed by atoms with Gasteiger partial charge in [-0.2, -0.15) is 0 Å². The van der Waals surface area contributed by atoms with Gasteiger partial charge in [0.25, 0.3) is 0 Å². The number of rotatable bonds is 2. The van der Waals surface area contributed by atoms with E-state index in [-0.39, 0.29) is 0 Å². The summed E-state index contributed by atoms with van der Waals surface area (Å²) < 4.78 is 2.13. The zero-order chi connectivity index (χ0) is 12.5. The minimum Gasteiger partial charge on any atom is -0.350 e. The molecular formula is C16H16N2. The summed E-state index contributed by atoms with van der Waals surface area (Å²) >= 11 is 0. The molecule has 0 saturated heterocycles. The molecule has 3 aromatic rings. The molecule has 0 aliphatic heterocycles. The molecule has 0 fully saturated rings. The van der Waals surface area contributed by atoms with Crippen LogP contribution < -0.4 is 5.73 Å². The van der Waals surface area contributed by atoms with E-state index in [0.717, 1.165) is 0 Å². The van der Waals surface area contributed by atoms with Gasteiger partial charge in [0.05, 0.1) is 0 Å². The molecule has 2 N–H and O–H groups in total. The number of hydrogen-bond donors (Lipinski definition) is 1. The van der Waals surface area contributed by atoms with Crippen LogP contribution >= 0.6 is 0 Å². The average molecular weight is 236 g/mol. The normalized spacial score (nSPS) is 11.0. The Hall–Kier alpha value is -2.06. The number of aryl methyl sites for hydroxylation is 1. The topological polar surface area (TPSA) is 30.9 Å². The molecule has 0 spiro atoms. The Labute approximate surface area is 107 Å². The highest BCUT2D eigenvalue weighted by atomic mass is 14.9. The summed E-state index contributed by atoms with van der Waals surface area (Å²) in [6, 6.07) is 17.0. The summed E-state index contributed by atoms with van der Waals surface area (Å²) in [7, 11) is 2.06. The van der Waals surface area contributed by atoms with Gasteiger partial charge in [-0.25, -0.2) is 0 Å². The minimum absolute atomic E-state index is 0.579. The predicted octanol–water partition coefficient (Wildman–Crippen LogP) is 3.30. The third-order valence-electron chi connectivity index (χ3n) is 3.40. The first-order valence-corrected chi connectivity index (χ1v) is 6.13. The van der Waals surface area contributed by atoms with E-state index in [1.54, 1.807) is 0 Å². The molecule has 1 aromatic heterocycles. The van der Waals surface area contributed by atoms with Gasteiger partial charge in [0.2, 0.25) is 0 Å². The molecule has 0 radical (unpaired) electrons. The van der Waals surface area contributed by atoms with Crippen molar-refractivity contribution in [3.63, 3.8) is 0 Å². The van der Waals surface area contributed by atoms with Crippen molar-refractivity contribution < 1.29 is 0 Å². The quantitative estimate of drug-likeness (QED) is 0.727. The number of fused-ring (bicyclic) bond motifs is 1. The third-order valence-corrected chi connectivity index (χ3v) is 3.40. The molecule has 0 aliphatic carbocycles. The van der Waals surface area contributed by atoms with Crippen LogP contribution in [0.4, 0.5) is 0 Å². The maximum Gasteiger partial charge on any atom is 0.0481 e. The molecule has 3 rings (SSSR count). The molecule has 0 bridgehead atoms. The van der Waals surface area contributed by atoms with Gasteiger partial charge >= 0.3 is 0 Å². The fourth-order valence-corrected chi connectivity index (χ4v) is 2.45. The van der Waals surface area contributed by atoms with Gasteiger partial charge < -0.3 is 10.3 Å². The van der Waals surface area contributed by atoms with Gasteiger partial charge in [-0.15, -0.1) is 0 Å². The van der Waals surface area contributed by atoms with E-state index in [4.69, 9.17) is 5.73 Å². The molecule has 18 heavy (non-hydrogen) atoms. The van der Waals surface area contributed by atoms with E-state index in [1.165, 1.54) is 27.6 Å². The van der Waals surface area contributed by atoms with E-state index in [0.29, 0.717) is 6.54 Å². The van der Waals surface area contributed by atoms with Crippen LogP contribution in [0.2, 0.25) is 0 Å². The lowest BCUT2D eigenvalue weighted by Gasteiger charge is -2.03. The van der Waals surface area contributed by atoms with Crippen molar-refractivity contribution in [3.8, 4) is 11.1 Å². The molecule has 0 atom stereocenters. The highest BCUT2D eigenvalue weighted by Gasteiger charge is 2.06. The molecular weight excluding hydrogens is 220 g/mol. The summed E-state index contributed by atoms with van der Waals surface area (Å²) in [5.74, 6) is 0. The molecule has 0 amide bonds. The van der Waals surface area contributed by atoms with Crippen molar-refractivity contribution in [2.75, 3.05) is 0 Å². The van der Waals surface area contributed by atoms with Crippen LogP contribution in [0.1, 0.15) is 5.56 Å². The van der Waals surface area contributed by atoms with Crippen LogP contribution in [0.3, 0.4) is 0 Å². The van der Waals surface area contributed by atoms with Gasteiger partial charge in [-0.3, -0.25) is 0 Å². The van der Waals surface area contributed by atoms with Crippen LogP contribution in [-0.2, 0) is 13.6 Å². The first-order valence-electron chi connectivity index (χ1n) is 6.13. The molecule has 0 saturated carbocycles. The van der Waals surface area contributed by atoms with Crippen molar-refractivity contribution in [2.45, 2.75) is 6.54 Å². The smallest absolute Gasteiger partial charge is 0.0481 e. The second-order valence-corrected chi connectivity index (χ2v) is 4.57. The highest BCUT2D eigenvalue weighted by molar-refractivity contribution is 5.88. The van der Waals surface area contributed by atoms with E-state index in [9.17, 15) is 0 Å². The number of aromatic nitrogens is 1. The standard InChI is InChI=1S/C16H16N2/c1-18-11-14(10-17)15-9-13(7-8-16(15)18)12-5-3-2-4-6-12/h2-9,11H,10,17H2,1H3. The Kier molecular flexibility index (Phi) is 2.65. The first kappa shape index (κ1) is 11.1. The monoisotopic (exact) mass is 236 g/mol. The largest absolute Gasteiger partial charge is 0.350 e. The molecule has 2 heteroatoms. The Morgan fingerprint density at radius 3 is 2.50 bits per heavy atom. The zero-order valence-corrected chi connectivity index (χ0v) is 10.4. The van der Waals surface area contributed by atoms with E-state index >= 15 is 0 Å². The van der Waals surface area contributed by atoms with Crippen LogP contribution in [0.5, 0.6) is 0 Å². The zero-order valence-electron chi connectivity index (χ0n) is 10.4. The fourth-order valence-electron chi connectivity index (χ4n) is 2.45. The highest BCUT2D eigenvalue weighted by Crippen LogP contribution is 2.27. The molecule has 0 aliphatic rings.